The molecule has 0 saturated carbocycles. The number of rotatable bonds is 1. The number of hydrogen-bond donors (Lipinski definition) is 0. The summed E-state index contributed by atoms with van der Waals surface area (Å²) in [7, 11) is -1.73. The molecule has 0 aromatic heterocycles. The van der Waals surface area contributed by atoms with Gasteiger partial charge in [0.05, 0.1) is 23.5 Å². The van der Waals surface area contributed by atoms with Crippen LogP contribution in [0.3, 0.4) is 0 Å². The van der Waals surface area contributed by atoms with E-state index < -0.39 is 10.0 Å². The van der Waals surface area contributed by atoms with E-state index in [9.17, 15) is 13.2 Å². The number of amides is 1. The maximum Gasteiger partial charge on any atom is 0.232 e. The molecule has 0 N–H and O–H groups in total. The molecule has 1 atom stereocenters. The molecule has 104 valence electrons. The Labute approximate surface area is 113 Å². The molecule has 0 fully saturated rings. The van der Waals surface area contributed by atoms with Crippen molar-refractivity contribution in [3.8, 4) is 0 Å². The third kappa shape index (κ3) is 2.32. The number of para-hydroxylation sites is 1. The number of sulfonamides is 1. The lowest BCUT2D eigenvalue weighted by molar-refractivity contribution is -0.121. The van der Waals surface area contributed by atoms with Crippen LogP contribution in [0.5, 0.6) is 0 Å². The first-order chi connectivity index (χ1) is 8.73. The van der Waals surface area contributed by atoms with Gasteiger partial charge in [0, 0.05) is 13.6 Å². The minimum Gasteiger partial charge on any atom is -0.313 e. The van der Waals surface area contributed by atoms with Crippen LogP contribution >= 0.6 is 0 Å². The summed E-state index contributed by atoms with van der Waals surface area (Å²) >= 11 is 0. The quantitative estimate of drug-likeness (QED) is 0.782. The van der Waals surface area contributed by atoms with Gasteiger partial charge in [0.1, 0.15) is 0 Å². The molecule has 1 aliphatic rings. The zero-order valence-electron chi connectivity index (χ0n) is 11.5. The summed E-state index contributed by atoms with van der Waals surface area (Å²) in [5.74, 6) is -0.440. The fraction of sp³-hybridized carbons (Fsp3) is 0.462. The molecule has 19 heavy (non-hydrogen) atoms. The number of anilines is 2. The van der Waals surface area contributed by atoms with E-state index in [2.05, 4.69) is 0 Å². The number of carbonyl (C=O) groups excluding carboxylic acids is 1. The molecule has 0 bridgehead atoms. The van der Waals surface area contributed by atoms with Crippen molar-refractivity contribution in [1.29, 1.82) is 0 Å². The first-order valence-electron chi connectivity index (χ1n) is 6.08. The molecule has 1 amide bonds. The van der Waals surface area contributed by atoms with Gasteiger partial charge in [0.25, 0.3) is 0 Å². The highest BCUT2D eigenvalue weighted by atomic mass is 32.2. The predicted octanol–water partition coefficient (Wildman–Crippen LogP) is 1.37. The maximum absolute atomic E-state index is 12.2. The maximum atomic E-state index is 12.2. The van der Waals surface area contributed by atoms with Crippen LogP contribution in [0.25, 0.3) is 0 Å². The molecule has 1 aromatic rings. The van der Waals surface area contributed by atoms with Crippen LogP contribution < -0.4 is 9.21 Å². The summed E-state index contributed by atoms with van der Waals surface area (Å²) in [4.78, 5) is 13.7. The van der Waals surface area contributed by atoms with Gasteiger partial charge in [-0.05, 0) is 18.6 Å². The van der Waals surface area contributed by atoms with Crippen molar-refractivity contribution in [3.05, 3.63) is 23.8 Å². The van der Waals surface area contributed by atoms with E-state index in [-0.39, 0.29) is 18.4 Å². The Hall–Kier alpha value is -1.56. The summed E-state index contributed by atoms with van der Waals surface area (Å²) in [5.41, 5.74) is 2.08. The average molecular weight is 282 g/mol. The van der Waals surface area contributed by atoms with Gasteiger partial charge in [0.15, 0.2) is 0 Å². The molecule has 1 aromatic carbocycles. The molecule has 0 spiro atoms. The van der Waals surface area contributed by atoms with Gasteiger partial charge in [-0.2, -0.15) is 0 Å². The van der Waals surface area contributed by atoms with E-state index in [1.807, 2.05) is 19.1 Å². The monoisotopic (exact) mass is 282 g/mol. The SMILES string of the molecule is Cc1cccc2c1N(S(C)(=O)=O)CC(C)C(=O)N2C. The zero-order valence-corrected chi connectivity index (χ0v) is 12.4. The number of fused-ring (bicyclic) bond motifs is 1. The Morgan fingerprint density at radius 2 is 1.95 bits per heavy atom. The third-order valence-electron chi connectivity index (χ3n) is 3.42. The summed E-state index contributed by atoms with van der Waals surface area (Å²) in [5, 5.41) is 0. The smallest absolute Gasteiger partial charge is 0.232 e. The van der Waals surface area contributed by atoms with Crippen LogP contribution in [0.4, 0.5) is 11.4 Å². The standard InChI is InChI=1S/C13H18N2O3S/c1-9-6-5-7-11-12(9)15(19(4,17)18)8-10(2)13(16)14(11)3/h5-7,10H,8H2,1-4H3. The first-order valence-corrected chi connectivity index (χ1v) is 7.93. The van der Waals surface area contributed by atoms with E-state index in [1.54, 1.807) is 20.0 Å². The largest absolute Gasteiger partial charge is 0.313 e. The lowest BCUT2D eigenvalue weighted by Crippen LogP contribution is -2.36. The third-order valence-corrected chi connectivity index (χ3v) is 4.55. The van der Waals surface area contributed by atoms with Gasteiger partial charge in [-0.25, -0.2) is 8.42 Å². The summed E-state index contributed by atoms with van der Waals surface area (Å²) in [6, 6.07) is 5.45. The summed E-state index contributed by atoms with van der Waals surface area (Å²) in [6.07, 6.45) is 1.17. The minimum atomic E-state index is -3.41. The van der Waals surface area contributed by atoms with E-state index in [0.717, 1.165) is 5.56 Å². The lowest BCUT2D eigenvalue weighted by atomic mass is 10.1. The molecule has 5 nitrogen and oxygen atoms in total. The van der Waals surface area contributed by atoms with Gasteiger partial charge in [-0.15, -0.1) is 0 Å². The van der Waals surface area contributed by atoms with Crippen molar-refractivity contribution in [2.24, 2.45) is 5.92 Å². The normalized spacial score (nSPS) is 20.2. The fourth-order valence-corrected chi connectivity index (χ4v) is 3.47. The Morgan fingerprint density at radius 3 is 2.53 bits per heavy atom. The van der Waals surface area contributed by atoms with E-state index in [4.69, 9.17) is 0 Å². The molecule has 1 heterocycles. The predicted molar refractivity (Wildman–Crippen MR) is 75.9 cm³/mol. The van der Waals surface area contributed by atoms with Gasteiger partial charge in [-0.3, -0.25) is 9.10 Å². The molecule has 1 unspecified atom stereocenters. The van der Waals surface area contributed by atoms with Crippen LogP contribution in [0.1, 0.15) is 12.5 Å². The number of hydrogen-bond acceptors (Lipinski definition) is 3. The van der Waals surface area contributed by atoms with Crippen LogP contribution in [0, 0.1) is 12.8 Å². The van der Waals surface area contributed by atoms with Crippen molar-refractivity contribution >= 4 is 27.3 Å². The van der Waals surface area contributed by atoms with Gasteiger partial charge in [0.2, 0.25) is 15.9 Å². The summed E-state index contributed by atoms with van der Waals surface area (Å²) in [6.45, 7) is 3.78. The minimum absolute atomic E-state index is 0.0713. The van der Waals surface area contributed by atoms with Crippen molar-refractivity contribution < 1.29 is 13.2 Å². The highest BCUT2D eigenvalue weighted by Crippen LogP contribution is 2.37. The van der Waals surface area contributed by atoms with Crippen LogP contribution in [-0.2, 0) is 14.8 Å². The van der Waals surface area contributed by atoms with Crippen molar-refractivity contribution in [2.75, 3.05) is 29.1 Å². The van der Waals surface area contributed by atoms with Crippen molar-refractivity contribution in [1.82, 2.24) is 0 Å². The second kappa shape index (κ2) is 4.52. The first kappa shape index (κ1) is 13.9. The van der Waals surface area contributed by atoms with E-state index in [1.165, 1.54) is 15.5 Å². The molecule has 1 aliphatic heterocycles. The Morgan fingerprint density at radius 1 is 1.32 bits per heavy atom. The lowest BCUT2D eigenvalue weighted by Gasteiger charge is -2.25. The Kier molecular flexibility index (Phi) is 3.30. The number of nitrogens with zero attached hydrogens (tertiary/aromatic N) is 2. The Balaban J connectivity index is 2.74. The summed E-state index contributed by atoms with van der Waals surface area (Å²) < 4.78 is 25.4. The average Bonchev–Trinajstić information content (AvgIpc) is 2.41. The van der Waals surface area contributed by atoms with Gasteiger partial charge in [-0.1, -0.05) is 19.1 Å². The van der Waals surface area contributed by atoms with Crippen LogP contribution in [-0.4, -0.2) is 34.2 Å². The zero-order chi connectivity index (χ0) is 14.4. The molecule has 0 radical (unpaired) electrons. The van der Waals surface area contributed by atoms with Gasteiger partial charge >= 0.3 is 0 Å². The van der Waals surface area contributed by atoms with E-state index >= 15 is 0 Å². The van der Waals surface area contributed by atoms with Crippen LogP contribution in [0.2, 0.25) is 0 Å². The topological polar surface area (TPSA) is 57.7 Å². The van der Waals surface area contributed by atoms with Crippen molar-refractivity contribution in [2.45, 2.75) is 13.8 Å². The fourth-order valence-electron chi connectivity index (χ4n) is 2.41. The van der Waals surface area contributed by atoms with Gasteiger partial charge < -0.3 is 4.90 Å². The highest BCUT2D eigenvalue weighted by Gasteiger charge is 2.33. The number of aryl methyl sites for hydroxylation is 1. The second-order valence-electron chi connectivity index (χ2n) is 5.04. The van der Waals surface area contributed by atoms with E-state index in [0.29, 0.717) is 11.4 Å². The molecular weight excluding hydrogens is 264 g/mol. The molecule has 0 saturated heterocycles. The molecule has 2 rings (SSSR count). The molecular formula is C13H18N2O3S. The molecule has 6 heteroatoms. The van der Waals surface area contributed by atoms with Crippen molar-refractivity contribution in [3.63, 3.8) is 0 Å². The second-order valence-corrected chi connectivity index (χ2v) is 6.94. The Bertz CT molecular complexity index is 625. The molecule has 0 aliphatic carbocycles. The number of carbonyl (C=O) groups is 1. The highest BCUT2D eigenvalue weighted by molar-refractivity contribution is 7.92. The van der Waals surface area contributed by atoms with Crippen LogP contribution in [0.15, 0.2) is 18.2 Å². The number of benzene rings is 1.